The molecule has 20 heavy (non-hydrogen) atoms. The fraction of sp³-hybridized carbons (Fsp3) is 0.286. The lowest BCUT2D eigenvalue weighted by molar-refractivity contribution is 0.611. The maximum absolute atomic E-state index is 13.7. The van der Waals surface area contributed by atoms with E-state index in [1.807, 2.05) is 0 Å². The highest BCUT2D eigenvalue weighted by atomic mass is 35.5. The van der Waals surface area contributed by atoms with Crippen LogP contribution in [0.4, 0.5) is 4.39 Å². The van der Waals surface area contributed by atoms with E-state index in [-0.39, 0.29) is 12.0 Å². The van der Waals surface area contributed by atoms with Gasteiger partial charge in [0.25, 0.3) is 5.56 Å². The zero-order chi connectivity index (χ0) is 14.5. The summed E-state index contributed by atoms with van der Waals surface area (Å²) in [6.45, 7) is 0.531. The summed E-state index contributed by atoms with van der Waals surface area (Å²) < 4.78 is 13.7. The molecule has 0 saturated heterocycles. The third-order valence-corrected chi connectivity index (χ3v) is 3.24. The van der Waals surface area contributed by atoms with Crippen LogP contribution in [0.15, 0.2) is 29.1 Å². The monoisotopic (exact) mass is 295 g/mol. The highest BCUT2D eigenvalue weighted by molar-refractivity contribution is 6.31. The predicted octanol–water partition coefficient (Wildman–Crippen LogP) is 2.04. The Balaban J connectivity index is 2.29. The number of aryl methyl sites for hydroxylation is 1. The molecule has 0 unspecified atom stereocenters. The van der Waals surface area contributed by atoms with Crippen molar-refractivity contribution < 1.29 is 4.39 Å². The SMILES string of the molecule is NCCCc1cc(=O)[nH]c(Cc2c(F)cccc2Cl)n1. The number of nitrogens with two attached hydrogens (primary N) is 1. The lowest BCUT2D eigenvalue weighted by Crippen LogP contribution is -2.14. The maximum atomic E-state index is 13.7. The van der Waals surface area contributed by atoms with Gasteiger partial charge in [-0.05, 0) is 31.5 Å². The zero-order valence-corrected chi connectivity index (χ0v) is 11.6. The summed E-state index contributed by atoms with van der Waals surface area (Å²) in [4.78, 5) is 18.5. The van der Waals surface area contributed by atoms with E-state index in [1.165, 1.54) is 18.2 Å². The van der Waals surface area contributed by atoms with Crippen molar-refractivity contribution in [3.8, 4) is 0 Å². The van der Waals surface area contributed by atoms with Crippen molar-refractivity contribution in [3.05, 3.63) is 62.5 Å². The number of hydrogen-bond acceptors (Lipinski definition) is 3. The van der Waals surface area contributed by atoms with Gasteiger partial charge in [-0.2, -0.15) is 0 Å². The van der Waals surface area contributed by atoms with E-state index in [2.05, 4.69) is 9.97 Å². The Bertz CT molecular complexity index is 637. The number of benzene rings is 1. The lowest BCUT2D eigenvalue weighted by atomic mass is 10.1. The van der Waals surface area contributed by atoms with Crippen molar-refractivity contribution in [1.82, 2.24) is 9.97 Å². The summed E-state index contributed by atoms with van der Waals surface area (Å²) >= 11 is 5.97. The van der Waals surface area contributed by atoms with Crippen molar-refractivity contribution in [2.45, 2.75) is 19.3 Å². The molecule has 4 nitrogen and oxygen atoms in total. The quantitative estimate of drug-likeness (QED) is 0.887. The number of aromatic amines is 1. The minimum absolute atomic E-state index is 0.150. The summed E-state index contributed by atoms with van der Waals surface area (Å²) in [5.74, 6) is -0.0102. The van der Waals surface area contributed by atoms with Crippen LogP contribution in [0.1, 0.15) is 23.5 Å². The second kappa shape index (κ2) is 6.63. The van der Waals surface area contributed by atoms with Gasteiger partial charge in [0.1, 0.15) is 11.6 Å². The summed E-state index contributed by atoms with van der Waals surface area (Å²) in [6, 6.07) is 5.91. The molecule has 2 aromatic rings. The number of hydrogen-bond donors (Lipinski definition) is 2. The second-order valence-electron chi connectivity index (χ2n) is 4.45. The standard InChI is InChI=1S/C14H15ClFN3O/c15-11-4-1-5-12(16)10(11)8-13-18-9(3-2-6-17)7-14(20)19-13/h1,4-5,7H,2-3,6,8,17H2,(H,18,19,20). The Kier molecular flexibility index (Phi) is 4.87. The first-order valence-corrected chi connectivity index (χ1v) is 6.70. The molecule has 0 aliphatic rings. The average molecular weight is 296 g/mol. The molecule has 3 N–H and O–H groups in total. The Morgan fingerprint density at radius 2 is 2.20 bits per heavy atom. The van der Waals surface area contributed by atoms with E-state index in [1.54, 1.807) is 6.07 Å². The van der Waals surface area contributed by atoms with Gasteiger partial charge in [0.15, 0.2) is 0 Å². The Labute approximate surface area is 120 Å². The van der Waals surface area contributed by atoms with Crippen LogP contribution in [0, 0.1) is 5.82 Å². The van der Waals surface area contributed by atoms with Gasteiger partial charge in [-0.15, -0.1) is 0 Å². The molecule has 0 radical (unpaired) electrons. The fourth-order valence-electron chi connectivity index (χ4n) is 1.93. The number of rotatable bonds is 5. The number of H-pyrrole nitrogens is 1. The van der Waals surface area contributed by atoms with Crippen molar-refractivity contribution in [2.75, 3.05) is 6.54 Å². The van der Waals surface area contributed by atoms with Crippen molar-refractivity contribution >= 4 is 11.6 Å². The van der Waals surface area contributed by atoms with Crippen LogP contribution < -0.4 is 11.3 Å². The van der Waals surface area contributed by atoms with Crippen LogP contribution in [-0.2, 0) is 12.8 Å². The molecule has 0 aliphatic carbocycles. The van der Waals surface area contributed by atoms with E-state index >= 15 is 0 Å². The smallest absolute Gasteiger partial charge is 0.251 e. The number of nitrogens with zero attached hydrogens (tertiary/aromatic N) is 1. The van der Waals surface area contributed by atoms with E-state index in [9.17, 15) is 9.18 Å². The Morgan fingerprint density at radius 3 is 2.90 bits per heavy atom. The second-order valence-corrected chi connectivity index (χ2v) is 4.86. The van der Waals surface area contributed by atoms with Gasteiger partial charge in [-0.1, -0.05) is 17.7 Å². The molecule has 1 aromatic heterocycles. The molecule has 0 amide bonds. The molecular weight excluding hydrogens is 281 g/mol. The van der Waals surface area contributed by atoms with E-state index in [0.717, 1.165) is 6.42 Å². The van der Waals surface area contributed by atoms with Crippen LogP contribution in [0.2, 0.25) is 5.02 Å². The van der Waals surface area contributed by atoms with Crippen LogP contribution in [0.25, 0.3) is 0 Å². The fourth-order valence-corrected chi connectivity index (χ4v) is 2.16. The highest BCUT2D eigenvalue weighted by Gasteiger charge is 2.10. The Morgan fingerprint density at radius 1 is 1.40 bits per heavy atom. The highest BCUT2D eigenvalue weighted by Crippen LogP contribution is 2.20. The van der Waals surface area contributed by atoms with Crippen molar-refractivity contribution in [1.29, 1.82) is 0 Å². The van der Waals surface area contributed by atoms with Crippen LogP contribution in [0.5, 0.6) is 0 Å². The minimum Gasteiger partial charge on any atom is -0.330 e. The normalized spacial score (nSPS) is 10.8. The summed E-state index contributed by atoms with van der Waals surface area (Å²) in [5, 5.41) is 0.319. The zero-order valence-electron chi connectivity index (χ0n) is 10.8. The summed E-state index contributed by atoms with van der Waals surface area (Å²) in [6.07, 6.45) is 1.52. The molecular formula is C14H15ClFN3O. The molecule has 0 bridgehead atoms. The van der Waals surface area contributed by atoms with E-state index in [0.29, 0.717) is 35.1 Å². The molecule has 2 rings (SSSR count). The maximum Gasteiger partial charge on any atom is 0.251 e. The first kappa shape index (κ1) is 14.7. The molecule has 0 atom stereocenters. The van der Waals surface area contributed by atoms with Crippen molar-refractivity contribution in [3.63, 3.8) is 0 Å². The summed E-state index contributed by atoms with van der Waals surface area (Å²) in [5.41, 5.74) is 6.16. The third kappa shape index (κ3) is 3.65. The molecule has 0 aliphatic heterocycles. The third-order valence-electron chi connectivity index (χ3n) is 2.89. The first-order valence-electron chi connectivity index (χ1n) is 6.32. The van der Waals surface area contributed by atoms with Gasteiger partial charge >= 0.3 is 0 Å². The van der Waals surface area contributed by atoms with Crippen LogP contribution in [0.3, 0.4) is 0 Å². The number of halogens is 2. The van der Waals surface area contributed by atoms with E-state index in [4.69, 9.17) is 17.3 Å². The van der Waals surface area contributed by atoms with Gasteiger partial charge in [-0.3, -0.25) is 4.79 Å². The van der Waals surface area contributed by atoms with Gasteiger partial charge in [0.2, 0.25) is 0 Å². The molecule has 6 heteroatoms. The topological polar surface area (TPSA) is 71.8 Å². The van der Waals surface area contributed by atoms with Gasteiger partial charge in [0.05, 0.1) is 0 Å². The summed E-state index contributed by atoms with van der Waals surface area (Å²) in [7, 11) is 0. The number of nitrogens with one attached hydrogen (secondary N) is 1. The Hall–Kier alpha value is -1.72. The van der Waals surface area contributed by atoms with Crippen molar-refractivity contribution in [2.24, 2.45) is 5.73 Å². The molecule has 0 spiro atoms. The number of aromatic nitrogens is 2. The molecule has 1 heterocycles. The van der Waals surface area contributed by atoms with Gasteiger partial charge < -0.3 is 10.7 Å². The first-order chi connectivity index (χ1) is 9.60. The largest absolute Gasteiger partial charge is 0.330 e. The molecule has 106 valence electrons. The van der Waals surface area contributed by atoms with Crippen LogP contribution >= 0.6 is 11.6 Å². The average Bonchev–Trinajstić information content (AvgIpc) is 2.40. The molecule has 0 saturated carbocycles. The van der Waals surface area contributed by atoms with E-state index < -0.39 is 5.82 Å². The molecule has 0 fully saturated rings. The van der Waals surface area contributed by atoms with Crippen LogP contribution in [-0.4, -0.2) is 16.5 Å². The van der Waals surface area contributed by atoms with Gasteiger partial charge in [-0.25, -0.2) is 9.37 Å². The minimum atomic E-state index is -0.410. The van der Waals surface area contributed by atoms with Gasteiger partial charge in [0, 0.05) is 28.8 Å². The molecule has 1 aromatic carbocycles. The lowest BCUT2D eigenvalue weighted by Gasteiger charge is -2.07. The predicted molar refractivity (Wildman–Crippen MR) is 76.4 cm³/mol.